The first-order valence-corrected chi connectivity index (χ1v) is 19.1. The van der Waals surface area contributed by atoms with Crippen LogP contribution in [0.15, 0.2) is 215 Å². The van der Waals surface area contributed by atoms with Gasteiger partial charge >= 0.3 is 0 Å². The third-order valence-corrected chi connectivity index (χ3v) is 10.3. The van der Waals surface area contributed by atoms with Crippen LogP contribution in [-0.4, -0.2) is 20.4 Å². The van der Waals surface area contributed by atoms with Crippen molar-refractivity contribution in [2.45, 2.75) is 0 Å². The van der Waals surface area contributed by atoms with Crippen LogP contribution >= 0.6 is 0 Å². The van der Waals surface area contributed by atoms with Crippen LogP contribution < -0.4 is 0 Å². The van der Waals surface area contributed by atoms with Crippen molar-refractivity contribution in [3.8, 4) is 101 Å². The van der Waals surface area contributed by atoms with Crippen LogP contribution in [0.1, 0.15) is 0 Å². The molecule has 0 atom stereocenters. The fraction of sp³-hybridized carbons (Fsp3) is 0. The van der Waals surface area contributed by atoms with Gasteiger partial charge in [-0.3, -0.25) is 0 Å². The van der Waals surface area contributed by atoms with Gasteiger partial charge in [-0.15, -0.1) is 20.4 Å². The summed E-state index contributed by atoms with van der Waals surface area (Å²) in [5, 5.41) is 17.8. The van der Waals surface area contributed by atoms with Crippen molar-refractivity contribution in [3.05, 3.63) is 206 Å². The van der Waals surface area contributed by atoms with E-state index >= 15 is 0 Å². The minimum Gasteiger partial charge on any atom is -0.416 e. The Bertz CT molecular complexity index is 2980. The fourth-order valence-electron chi connectivity index (χ4n) is 7.42. The molecule has 6 heteroatoms. The van der Waals surface area contributed by atoms with Crippen molar-refractivity contribution >= 4 is 0 Å². The first-order chi connectivity index (χ1) is 28.7. The fourth-order valence-corrected chi connectivity index (χ4v) is 7.42. The quantitative estimate of drug-likeness (QED) is 0.146. The molecule has 0 fully saturated rings. The van der Waals surface area contributed by atoms with Gasteiger partial charge in [0.15, 0.2) is 0 Å². The average Bonchev–Trinajstić information content (AvgIpc) is 4.02. The van der Waals surface area contributed by atoms with Crippen molar-refractivity contribution in [1.29, 1.82) is 0 Å². The van der Waals surface area contributed by atoms with E-state index < -0.39 is 0 Å². The lowest BCUT2D eigenvalue weighted by molar-refractivity contribution is 0.584. The van der Waals surface area contributed by atoms with E-state index in [0.717, 1.165) is 77.9 Å². The lowest BCUT2D eigenvalue weighted by atomic mass is 9.85. The third kappa shape index (κ3) is 6.80. The lowest BCUT2D eigenvalue weighted by Crippen LogP contribution is -1.94. The van der Waals surface area contributed by atoms with Crippen molar-refractivity contribution in [2.24, 2.45) is 0 Å². The van der Waals surface area contributed by atoms with Gasteiger partial charge in [0.05, 0.1) is 0 Å². The molecule has 0 spiro atoms. The Labute approximate surface area is 335 Å². The molecule has 10 aromatic rings. The highest BCUT2D eigenvalue weighted by Crippen LogP contribution is 2.44. The van der Waals surface area contributed by atoms with E-state index in [2.05, 4.69) is 154 Å². The summed E-state index contributed by atoms with van der Waals surface area (Å²) < 4.78 is 12.6. The number of nitrogens with zero attached hydrogens (tertiary/aromatic N) is 4. The molecule has 0 bridgehead atoms. The monoisotopic (exact) mass is 746 g/mol. The normalized spacial score (nSPS) is 11.1. The van der Waals surface area contributed by atoms with Crippen LogP contribution in [-0.2, 0) is 0 Å². The van der Waals surface area contributed by atoms with Crippen molar-refractivity contribution in [2.75, 3.05) is 0 Å². The van der Waals surface area contributed by atoms with Gasteiger partial charge in [0, 0.05) is 22.3 Å². The summed E-state index contributed by atoms with van der Waals surface area (Å²) in [5.41, 5.74) is 14.2. The predicted octanol–water partition coefficient (Wildman–Crippen LogP) is 13.5. The molecule has 0 amide bonds. The second-order valence-corrected chi connectivity index (χ2v) is 13.9. The molecule has 0 aliphatic rings. The van der Waals surface area contributed by atoms with Crippen LogP contribution in [0, 0.1) is 0 Å². The van der Waals surface area contributed by atoms with Crippen LogP contribution in [0.25, 0.3) is 101 Å². The molecule has 0 unspecified atom stereocenters. The van der Waals surface area contributed by atoms with E-state index in [-0.39, 0.29) is 0 Å². The third-order valence-electron chi connectivity index (χ3n) is 10.3. The van der Waals surface area contributed by atoms with Gasteiger partial charge in [0.2, 0.25) is 23.6 Å². The molecule has 2 aromatic heterocycles. The minimum atomic E-state index is 0.446. The highest BCUT2D eigenvalue weighted by Gasteiger charge is 2.21. The molecule has 58 heavy (non-hydrogen) atoms. The maximum absolute atomic E-state index is 6.30. The van der Waals surface area contributed by atoms with E-state index in [1.807, 2.05) is 72.8 Å². The smallest absolute Gasteiger partial charge is 0.248 e. The van der Waals surface area contributed by atoms with Gasteiger partial charge in [-0.1, -0.05) is 158 Å². The molecule has 0 saturated carbocycles. The first-order valence-electron chi connectivity index (χ1n) is 19.1. The summed E-state index contributed by atoms with van der Waals surface area (Å²) in [7, 11) is 0. The topological polar surface area (TPSA) is 77.8 Å². The van der Waals surface area contributed by atoms with E-state index in [9.17, 15) is 0 Å². The number of rotatable bonds is 9. The molecule has 0 aliphatic carbocycles. The Morgan fingerprint density at radius 2 is 0.517 bits per heavy atom. The highest BCUT2D eigenvalue weighted by atomic mass is 16.4. The van der Waals surface area contributed by atoms with Crippen LogP contribution in [0.4, 0.5) is 0 Å². The van der Waals surface area contributed by atoms with Crippen LogP contribution in [0.2, 0.25) is 0 Å². The van der Waals surface area contributed by atoms with E-state index in [0.29, 0.717) is 23.6 Å². The first kappa shape index (κ1) is 34.5. The SMILES string of the molecule is c1ccc(-c2ccc(-c3cc(-c4nnc(-c5ccccc5)o4)ccc3-c3ccc(-c4nnc(-c5ccccc5)o4)cc3-c3ccccc3-c3ccccc3)cc2)cc1. The predicted molar refractivity (Wildman–Crippen MR) is 231 cm³/mol. The maximum Gasteiger partial charge on any atom is 0.248 e. The molecule has 0 saturated heterocycles. The summed E-state index contributed by atoms with van der Waals surface area (Å²) in [6.07, 6.45) is 0. The van der Waals surface area contributed by atoms with Gasteiger partial charge in [0.25, 0.3) is 0 Å². The van der Waals surface area contributed by atoms with Gasteiger partial charge < -0.3 is 8.83 Å². The Morgan fingerprint density at radius 1 is 0.207 bits per heavy atom. The standard InChI is InChI=1S/C52H34N4O2/c1-5-15-35(16-6-1)36-25-27-38(28-26-36)47-33-41(51-55-53-49(57-51)39-19-9-3-10-20-39)29-31-45(47)46-32-30-42(52-56-54-50(58-52)40-21-11-4-12-22-40)34-48(46)44-24-14-13-23-43(44)37-17-7-2-8-18-37/h1-34H. The Morgan fingerprint density at radius 3 is 1.03 bits per heavy atom. The Balaban J connectivity index is 1.16. The second-order valence-electron chi connectivity index (χ2n) is 13.9. The van der Waals surface area contributed by atoms with Gasteiger partial charge in [-0.05, 0) is 104 Å². The molecule has 6 nitrogen and oxygen atoms in total. The molecule has 10 rings (SSSR count). The van der Waals surface area contributed by atoms with Gasteiger partial charge in [-0.2, -0.15) is 0 Å². The van der Waals surface area contributed by atoms with Crippen molar-refractivity contribution in [1.82, 2.24) is 20.4 Å². The summed E-state index contributed by atoms with van der Waals surface area (Å²) in [6.45, 7) is 0. The summed E-state index contributed by atoms with van der Waals surface area (Å²) in [5.74, 6) is 1.84. The molecule has 2 heterocycles. The zero-order valence-electron chi connectivity index (χ0n) is 31.2. The van der Waals surface area contributed by atoms with E-state index in [1.165, 1.54) is 0 Å². The highest BCUT2D eigenvalue weighted by molar-refractivity contribution is 5.98. The van der Waals surface area contributed by atoms with E-state index in [4.69, 9.17) is 8.83 Å². The Kier molecular flexibility index (Phi) is 9.10. The van der Waals surface area contributed by atoms with Crippen molar-refractivity contribution < 1.29 is 8.83 Å². The summed E-state index contributed by atoms with van der Waals surface area (Å²) in [4.78, 5) is 0. The zero-order valence-corrected chi connectivity index (χ0v) is 31.2. The summed E-state index contributed by atoms with van der Waals surface area (Å²) in [6, 6.07) is 70.6. The molecule has 0 aliphatic heterocycles. The molecule has 0 radical (unpaired) electrons. The number of hydrogen-bond acceptors (Lipinski definition) is 6. The minimum absolute atomic E-state index is 0.446. The molecule has 274 valence electrons. The van der Waals surface area contributed by atoms with Gasteiger partial charge in [0.1, 0.15) is 0 Å². The van der Waals surface area contributed by atoms with E-state index in [1.54, 1.807) is 0 Å². The number of benzene rings is 8. The molecule has 8 aromatic carbocycles. The van der Waals surface area contributed by atoms with Gasteiger partial charge in [-0.25, -0.2) is 0 Å². The van der Waals surface area contributed by atoms with Crippen LogP contribution in [0.3, 0.4) is 0 Å². The second kappa shape index (κ2) is 15.3. The summed E-state index contributed by atoms with van der Waals surface area (Å²) >= 11 is 0. The lowest BCUT2D eigenvalue weighted by Gasteiger charge is -2.19. The average molecular weight is 747 g/mol. The number of aromatic nitrogens is 4. The zero-order chi connectivity index (χ0) is 38.7. The maximum atomic E-state index is 6.30. The molecular formula is C52H34N4O2. The number of hydrogen-bond donors (Lipinski definition) is 0. The molecule has 0 N–H and O–H groups in total. The van der Waals surface area contributed by atoms with Crippen molar-refractivity contribution in [3.63, 3.8) is 0 Å². The van der Waals surface area contributed by atoms with Crippen LogP contribution in [0.5, 0.6) is 0 Å². The Hall–Kier alpha value is -7.96. The molecular weight excluding hydrogens is 713 g/mol. The largest absolute Gasteiger partial charge is 0.416 e.